The maximum atomic E-state index is 12.8. The molecule has 2 aliphatic rings. The molecule has 1 saturated heterocycles. The molecule has 1 N–H and O–H groups in total. The van der Waals surface area contributed by atoms with Gasteiger partial charge >= 0.3 is 6.03 Å². The standard InChI is InChI=1S/C17H29N3O4/c1-6-16(2,3)12-7-9-17(10-8-12)14(22)20(15(23)18-17)11-13(21)19(4)24-5/h12H,6-11H2,1-5H3,(H,18,23). The Kier molecular flexibility index (Phi) is 5.22. The average Bonchev–Trinajstić information content (AvgIpc) is 2.78. The SMILES string of the molecule is CCC(C)(C)C1CCC2(CC1)NC(=O)N(CC(=O)N(C)OC)C2=O. The number of nitrogens with one attached hydrogen (secondary N) is 1. The van der Waals surface area contributed by atoms with Crippen LogP contribution in [0.25, 0.3) is 0 Å². The van der Waals surface area contributed by atoms with E-state index in [1.165, 1.54) is 14.2 Å². The minimum Gasteiger partial charge on any atom is -0.323 e. The summed E-state index contributed by atoms with van der Waals surface area (Å²) in [6, 6.07) is -0.481. The zero-order valence-electron chi connectivity index (χ0n) is 15.3. The first-order valence-corrected chi connectivity index (χ1v) is 8.61. The number of carbonyl (C=O) groups is 3. The Morgan fingerprint density at radius 3 is 2.46 bits per heavy atom. The highest BCUT2D eigenvalue weighted by Crippen LogP contribution is 2.45. The van der Waals surface area contributed by atoms with E-state index < -0.39 is 17.5 Å². The molecule has 1 spiro atoms. The number of urea groups is 1. The number of hydrogen-bond donors (Lipinski definition) is 1. The van der Waals surface area contributed by atoms with Crippen molar-refractivity contribution in [3.05, 3.63) is 0 Å². The largest absolute Gasteiger partial charge is 0.325 e. The summed E-state index contributed by atoms with van der Waals surface area (Å²) < 4.78 is 0. The Balaban J connectivity index is 2.05. The molecule has 7 heteroatoms. The van der Waals surface area contributed by atoms with Gasteiger partial charge in [-0.05, 0) is 37.0 Å². The molecule has 2 fully saturated rings. The van der Waals surface area contributed by atoms with E-state index in [4.69, 9.17) is 4.84 Å². The van der Waals surface area contributed by atoms with Gasteiger partial charge in [0.25, 0.3) is 11.8 Å². The molecule has 0 atom stereocenters. The summed E-state index contributed by atoms with van der Waals surface area (Å²) in [4.78, 5) is 42.8. The van der Waals surface area contributed by atoms with Crippen LogP contribution >= 0.6 is 0 Å². The van der Waals surface area contributed by atoms with Gasteiger partial charge in [-0.3, -0.25) is 19.3 Å². The molecule has 0 aromatic rings. The average molecular weight is 339 g/mol. The van der Waals surface area contributed by atoms with E-state index in [-0.39, 0.29) is 17.9 Å². The second-order valence-electron chi connectivity index (χ2n) is 7.59. The van der Waals surface area contributed by atoms with Crippen LogP contribution in [-0.2, 0) is 14.4 Å². The Morgan fingerprint density at radius 1 is 1.38 bits per heavy atom. The van der Waals surface area contributed by atoms with Crippen LogP contribution in [0.15, 0.2) is 0 Å². The molecule has 0 radical (unpaired) electrons. The molecule has 2 rings (SSSR count). The number of rotatable bonds is 5. The highest BCUT2D eigenvalue weighted by atomic mass is 16.7. The van der Waals surface area contributed by atoms with E-state index in [9.17, 15) is 14.4 Å². The van der Waals surface area contributed by atoms with Crippen LogP contribution in [0.3, 0.4) is 0 Å². The van der Waals surface area contributed by atoms with Crippen molar-refractivity contribution in [2.45, 2.75) is 58.4 Å². The van der Waals surface area contributed by atoms with Crippen molar-refractivity contribution in [1.29, 1.82) is 0 Å². The van der Waals surface area contributed by atoms with Gasteiger partial charge in [0.05, 0.1) is 7.11 Å². The van der Waals surface area contributed by atoms with E-state index >= 15 is 0 Å². The Hall–Kier alpha value is -1.63. The van der Waals surface area contributed by atoms with Gasteiger partial charge in [0.1, 0.15) is 12.1 Å². The highest BCUT2D eigenvalue weighted by molar-refractivity contribution is 6.09. The highest BCUT2D eigenvalue weighted by Gasteiger charge is 2.53. The van der Waals surface area contributed by atoms with Crippen molar-refractivity contribution in [3.63, 3.8) is 0 Å². The number of hydroxylamine groups is 2. The molecule has 1 aliphatic carbocycles. The predicted octanol–water partition coefficient (Wildman–Crippen LogP) is 1.92. The molecule has 0 bridgehead atoms. The lowest BCUT2D eigenvalue weighted by atomic mass is 9.65. The van der Waals surface area contributed by atoms with Crippen LogP contribution in [0.4, 0.5) is 4.79 Å². The first-order chi connectivity index (χ1) is 11.2. The van der Waals surface area contributed by atoms with Crippen LogP contribution in [0.5, 0.6) is 0 Å². The summed E-state index contributed by atoms with van der Waals surface area (Å²) >= 11 is 0. The molecule has 0 unspecified atom stereocenters. The molecule has 0 aromatic heterocycles. The molecular weight excluding hydrogens is 310 g/mol. The first-order valence-electron chi connectivity index (χ1n) is 8.61. The smallest absolute Gasteiger partial charge is 0.323 e. The monoisotopic (exact) mass is 339 g/mol. The number of nitrogens with zero attached hydrogens (tertiary/aromatic N) is 2. The van der Waals surface area contributed by atoms with Crippen molar-refractivity contribution in [3.8, 4) is 0 Å². The van der Waals surface area contributed by atoms with Gasteiger partial charge in [0.2, 0.25) is 0 Å². The third-order valence-corrected chi connectivity index (χ3v) is 6.02. The minimum absolute atomic E-state index is 0.240. The maximum Gasteiger partial charge on any atom is 0.325 e. The summed E-state index contributed by atoms with van der Waals surface area (Å²) in [6.45, 7) is 6.42. The van der Waals surface area contributed by atoms with Gasteiger partial charge in [-0.1, -0.05) is 27.2 Å². The third-order valence-electron chi connectivity index (χ3n) is 6.02. The summed E-state index contributed by atoms with van der Waals surface area (Å²) in [5.41, 5.74) is -0.590. The molecule has 1 saturated carbocycles. The fourth-order valence-electron chi connectivity index (χ4n) is 3.68. The predicted molar refractivity (Wildman–Crippen MR) is 88.8 cm³/mol. The zero-order valence-corrected chi connectivity index (χ0v) is 15.3. The zero-order chi connectivity index (χ0) is 18.1. The van der Waals surface area contributed by atoms with Crippen molar-refractivity contribution < 1.29 is 19.2 Å². The van der Waals surface area contributed by atoms with Crippen LogP contribution in [0.2, 0.25) is 0 Å². The van der Waals surface area contributed by atoms with Gasteiger partial charge in [-0.15, -0.1) is 0 Å². The number of carbonyl (C=O) groups excluding carboxylic acids is 3. The molecular formula is C17H29N3O4. The summed E-state index contributed by atoms with van der Waals surface area (Å²) in [6.07, 6.45) is 4.18. The third kappa shape index (κ3) is 3.27. The molecule has 24 heavy (non-hydrogen) atoms. The molecule has 136 valence electrons. The van der Waals surface area contributed by atoms with Crippen molar-refractivity contribution in [1.82, 2.24) is 15.3 Å². The first kappa shape index (κ1) is 18.7. The fourth-order valence-corrected chi connectivity index (χ4v) is 3.68. The molecule has 7 nitrogen and oxygen atoms in total. The molecule has 1 aliphatic heterocycles. The van der Waals surface area contributed by atoms with Gasteiger partial charge in [0.15, 0.2) is 0 Å². The van der Waals surface area contributed by atoms with E-state index in [1.807, 2.05) is 0 Å². The fraction of sp³-hybridized carbons (Fsp3) is 0.824. The Labute approximate surface area is 143 Å². The normalized spacial score (nSPS) is 27.5. The lowest BCUT2D eigenvalue weighted by Crippen LogP contribution is -2.51. The van der Waals surface area contributed by atoms with Crippen molar-refractivity contribution >= 4 is 17.8 Å². The Morgan fingerprint density at radius 2 is 1.96 bits per heavy atom. The van der Waals surface area contributed by atoms with E-state index in [0.29, 0.717) is 18.8 Å². The lowest BCUT2D eigenvalue weighted by Gasteiger charge is -2.42. The van der Waals surface area contributed by atoms with Crippen LogP contribution in [0.1, 0.15) is 52.9 Å². The molecule has 1 heterocycles. The number of likely N-dealkylation sites (N-methyl/N-ethyl adjacent to an activating group) is 1. The second-order valence-corrected chi connectivity index (χ2v) is 7.59. The van der Waals surface area contributed by atoms with E-state index in [0.717, 1.165) is 29.2 Å². The van der Waals surface area contributed by atoms with Gasteiger partial charge in [-0.25, -0.2) is 9.86 Å². The van der Waals surface area contributed by atoms with Gasteiger partial charge in [0, 0.05) is 7.05 Å². The lowest BCUT2D eigenvalue weighted by molar-refractivity contribution is -0.170. The molecule has 0 aromatic carbocycles. The van der Waals surface area contributed by atoms with Gasteiger partial charge in [-0.2, -0.15) is 0 Å². The van der Waals surface area contributed by atoms with Gasteiger partial charge < -0.3 is 5.32 Å². The minimum atomic E-state index is -0.830. The van der Waals surface area contributed by atoms with Crippen LogP contribution in [-0.4, -0.2) is 54.0 Å². The van der Waals surface area contributed by atoms with Crippen molar-refractivity contribution in [2.24, 2.45) is 11.3 Å². The quantitative estimate of drug-likeness (QED) is 0.613. The summed E-state index contributed by atoms with van der Waals surface area (Å²) in [5.74, 6) is -0.162. The van der Waals surface area contributed by atoms with E-state index in [2.05, 4.69) is 26.1 Å². The number of hydrogen-bond acceptors (Lipinski definition) is 4. The summed E-state index contributed by atoms with van der Waals surface area (Å²) in [5, 5.41) is 3.87. The number of imide groups is 1. The van der Waals surface area contributed by atoms with E-state index in [1.54, 1.807) is 0 Å². The van der Waals surface area contributed by atoms with Crippen LogP contribution in [0, 0.1) is 11.3 Å². The number of amides is 4. The maximum absolute atomic E-state index is 12.8. The topological polar surface area (TPSA) is 79.0 Å². The Bertz CT molecular complexity index is 524. The van der Waals surface area contributed by atoms with Crippen molar-refractivity contribution in [2.75, 3.05) is 20.7 Å². The summed E-state index contributed by atoms with van der Waals surface area (Å²) in [7, 11) is 2.82. The van der Waals surface area contributed by atoms with Crippen LogP contribution < -0.4 is 5.32 Å². The second kappa shape index (κ2) is 6.70. The molecule has 4 amide bonds.